The number of nitrogens with one attached hydrogen (secondary N) is 2. The smallest absolute Gasteiger partial charge is 0.238 e. The first-order valence-corrected chi connectivity index (χ1v) is 8.61. The van der Waals surface area contributed by atoms with Crippen molar-refractivity contribution in [2.24, 2.45) is 0 Å². The minimum absolute atomic E-state index is 0.0377. The summed E-state index contributed by atoms with van der Waals surface area (Å²) < 4.78 is 5.22. The third-order valence-electron chi connectivity index (χ3n) is 4.39. The van der Waals surface area contributed by atoms with E-state index in [1.54, 1.807) is 19.1 Å². The summed E-state index contributed by atoms with van der Waals surface area (Å²) in [5.41, 5.74) is 3.61. The van der Waals surface area contributed by atoms with Gasteiger partial charge in [0.2, 0.25) is 11.8 Å². The zero-order valence-electron chi connectivity index (χ0n) is 15.0. The first kappa shape index (κ1) is 17.9. The van der Waals surface area contributed by atoms with Crippen LogP contribution < -0.4 is 20.3 Å². The molecule has 2 amide bonds. The largest absolute Gasteiger partial charge is 0.497 e. The molecule has 0 radical (unpaired) electrons. The number of amides is 2. The molecule has 3 rings (SSSR count). The quantitative estimate of drug-likeness (QED) is 0.833. The lowest BCUT2D eigenvalue weighted by atomic mass is 10.1. The average molecular weight is 353 g/mol. The number of benzene rings is 2. The maximum absolute atomic E-state index is 12.8. The van der Waals surface area contributed by atoms with E-state index in [0.29, 0.717) is 18.7 Å². The highest BCUT2D eigenvalue weighted by molar-refractivity contribution is 5.98. The molecule has 136 valence electrons. The predicted molar refractivity (Wildman–Crippen MR) is 102 cm³/mol. The second-order valence-electron chi connectivity index (χ2n) is 6.25. The van der Waals surface area contributed by atoms with Crippen molar-refractivity contribution in [2.45, 2.75) is 12.8 Å². The van der Waals surface area contributed by atoms with Crippen molar-refractivity contribution in [3.05, 3.63) is 53.6 Å². The van der Waals surface area contributed by atoms with E-state index in [-0.39, 0.29) is 18.4 Å². The summed E-state index contributed by atoms with van der Waals surface area (Å²) in [6.07, 6.45) is 1.14. The van der Waals surface area contributed by atoms with Crippen molar-refractivity contribution in [2.75, 3.05) is 37.5 Å². The lowest BCUT2D eigenvalue weighted by Gasteiger charge is -2.18. The Morgan fingerprint density at radius 2 is 2.04 bits per heavy atom. The summed E-state index contributed by atoms with van der Waals surface area (Å²) in [7, 11) is 3.34. The van der Waals surface area contributed by atoms with Gasteiger partial charge in [0, 0.05) is 17.9 Å². The third kappa shape index (κ3) is 4.03. The number of likely N-dealkylation sites (N-methyl/N-ethyl adjacent to an activating group) is 1. The van der Waals surface area contributed by atoms with Crippen LogP contribution in [0.25, 0.3) is 0 Å². The molecule has 0 saturated heterocycles. The van der Waals surface area contributed by atoms with Crippen LogP contribution in [0.1, 0.15) is 11.1 Å². The molecule has 0 fully saturated rings. The Labute approximate surface area is 153 Å². The van der Waals surface area contributed by atoms with Crippen molar-refractivity contribution in [1.29, 1.82) is 0 Å². The van der Waals surface area contributed by atoms with Crippen LogP contribution in [-0.4, -0.2) is 39.1 Å². The maximum Gasteiger partial charge on any atom is 0.238 e. The Morgan fingerprint density at radius 3 is 2.81 bits per heavy atom. The number of nitrogens with zero attached hydrogens (tertiary/aromatic N) is 1. The molecule has 0 atom stereocenters. The Morgan fingerprint density at radius 1 is 1.19 bits per heavy atom. The van der Waals surface area contributed by atoms with Gasteiger partial charge in [-0.3, -0.25) is 9.59 Å². The van der Waals surface area contributed by atoms with Gasteiger partial charge in [-0.25, -0.2) is 0 Å². The molecule has 0 saturated carbocycles. The molecule has 0 aromatic heterocycles. The van der Waals surface area contributed by atoms with Crippen LogP contribution in [0.3, 0.4) is 0 Å². The van der Waals surface area contributed by atoms with E-state index in [9.17, 15) is 9.59 Å². The van der Waals surface area contributed by atoms with Crippen molar-refractivity contribution >= 4 is 23.2 Å². The van der Waals surface area contributed by atoms with Gasteiger partial charge in [-0.2, -0.15) is 0 Å². The number of hydrogen-bond acceptors (Lipinski definition) is 4. The highest BCUT2D eigenvalue weighted by atomic mass is 16.5. The zero-order chi connectivity index (χ0) is 18.5. The van der Waals surface area contributed by atoms with E-state index >= 15 is 0 Å². The van der Waals surface area contributed by atoms with Crippen LogP contribution in [0.4, 0.5) is 11.4 Å². The molecule has 0 bridgehead atoms. The summed E-state index contributed by atoms with van der Waals surface area (Å²) in [6, 6.07) is 13.3. The fourth-order valence-electron chi connectivity index (χ4n) is 3.13. The lowest BCUT2D eigenvalue weighted by Crippen LogP contribution is -2.30. The number of fused-ring (bicyclic) bond motifs is 1. The summed E-state index contributed by atoms with van der Waals surface area (Å²) in [5.74, 6) is 0.669. The molecule has 0 unspecified atom stereocenters. The summed E-state index contributed by atoms with van der Waals surface area (Å²) in [6.45, 7) is 0.904. The van der Waals surface area contributed by atoms with E-state index in [1.165, 1.54) is 0 Å². The number of ether oxygens (including phenoxy) is 1. The van der Waals surface area contributed by atoms with Crippen LogP contribution in [-0.2, 0) is 22.4 Å². The molecule has 2 N–H and O–H groups in total. The van der Waals surface area contributed by atoms with Gasteiger partial charge in [-0.1, -0.05) is 18.2 Å². The number of anilines is 2. The second-order valence-corrected chi connectivity index (χ2v) is 6.25. The Bertz CT molecular complexity index is 820. The van der Waals surface area contributed by atoms with Crippen molar-refractivity contribution in [3.63, 3.8) is 0 Å². The molecule has 2 aromatic rings. The first-order valence-electron chi connectivity index (χ1n) is 8.61. The van der Waals surface area contributed by atoms with Crippen molar-refractivity contribution < 1.29 is 14.3 Å². The topological polar surface area (TPSA) is 70.7 Å². The highest BCUT2D eigenvalue weighted by Crippen LogP contribution is 2.31. The minimum Gasteiger partial charge on any atom is -0.497 e. The van der Waals surface area contributed by atoms with Gasteiger partial charge in [0.25, 0.3) is 0 Å². The normalized spacial score (nSPS) is 12.6. The summed E-state index contributed by atoms with van der Waals surface area (Å²) in [4.78, 5) is 26.4. The molecule has 26 heavy (non-hydrogen) atoms. The minimum atomic E-state index is -0.111. The lowest BCUT2D eigenvalue weighted by molar-refractivity contribution is -0.118. The van der Waals surface area contributed by atoms with Crippen LogP contribution >= 0.6 is 0 Å². The van der Waals surface area contributed by atoms with Crippen molar-refractivity contribution in [3.8, 4) is 5.75 Å². The number of hydrogen-bond donors (Lipinski definition) is 2. The molecular weight excluding hydrogens is 330 g/mol. The van der Waals surface area contributed by atoms with Gasteiger partial charge in [0.15, 0.2) is 0 Å². The predicted octanol–water partition coefficient (Wildman–Crippen LogP) is 1.98. The van der Waals surface area contributed by atoms with E-state index in [2.05, 4.69) is 10.6 Å². The molecule has 1 aliphatic rings. The number of carbonyl (C=O) groups is 2. The molecule has 2 aromatic carbocycles. The monoisotopic (exact) mass is 353 g/mol. The van der Waals surface area contributed by atoms with E-state index in [1.807, 2.05) is 42.5 Å². The summed E-state index contributed by atoms with van der Waals surface area (Å²) >= 11 is 0. The molecule has 0 spiro atoms. The van der Waals surface area contributed by atoms with E-state index in [4.69, 9.17) is 4.74 Å². The second kappa shape index (κ2) is 8.01. The number of methoxy groups -OCH3 is 1. The van der Waals surface area contributed by atoms with E-state index < -0.39 is 0 Å². The fraction of sp³-hybridized carbons (Fsp3) is 0.300. The molecule has 1 aliphatic heterocycles. The van der Waals surface area contributed by atoms with Gasteiger partial charge in [-0.05, 0) is 48.9 Å². The van der Waals surface area contributed by atoms with Gasteiger partial charge in [0.05, 0.1) is 20.1 Å². The Balaban J connectivity index is 1.74. The molecule has 6 heteroatoms. The standard InChI is InChI=1S/C20H23N3O3/c1-21-13-19(24)22-16-7-6-15-8-9-23(18(15)12-16)20(25)11-14-4-3-5-17(10-14)26-2/h3-7,10,12,21H,8-9,11,13H2,1-2H3,(H,22,24). The molecule has 6 nitrogen and oxygen atoms in total. The first-order chi connectivity index (χ1) is 12.6. The average Bonchev–Trinajstić information content (AvgIpc) is 3.05. The van der Waals surface area contributed by atoms with E-state index in [0.717, 1.165) is 29.0 Å². The maximum atomic E-state index is 12.8. The third-order valence-corrected chi connectivity index (χ3v) is 4.39. The number of carbonyl (C=O) groups excluding carboxylic acids is 2. The summed E-state index contributed by atoms with van der Waals surface area (Å²) in [5, 5.41) is 5.66. The van der Waals surface area contributed by atoms with Gasteiger partial charge >= 0.3 is 0 Å². The molecule has 0 aliphatic carbocycles. The Hall–Kier alpha value is -2.86. The van der Waals surface area contributed by atoms with Crippen LogP contribution in [0, 0.1) is 0 Å². The zero-order valence-corrected chi connectivity index (χ0v) is 15.0. The fourth-order valence-corrected chi connectivity index (χ4v) is 3.13. The SMILES string of the molecule is CNCC(=O)Nc1ccc2c(c1)N(C(=O)Cc1cccc(OC)c1)CC2. The van der Waals surface area contributed by atoms with Crippen LogP contribution in [0.2, 0.25) is 0 Å². The highest BCUT2D eigenvalue weighted by Gasteiger charge is 2.25. The van der Waals surface area contributed by atoms with Crippen LogP contribution in [0.15, 0.2) is 42.5 Å². The number of rotatable bonds is 6. The van der Waals surface area contributed by atoms with Gasteiger partial charge in [-0.15, -0.1) is 0 Å². The molecular formula is C20H23N3O3. The molecule has 1 heterocycles. The van der Waals surface area contributed by atoms with Crippen molar-refractivity contribution in [1.82, 2.24) is 5.32 Å². The van der Waals surface area contributed by atoms with Gasteiger partial charge < -0.3 is 20.3 Å². The van der Waals surface area contributed by atoms with Gasteiger partial charge in [0.1, 0.15) is 5.75 Å². The Kier molecular flexibility index (Phi) is 5.53. The van der Waals surface area contributed by atoms with Crippen LogP contribution in [0.5, 0.6) is 5.75 Å².